The molecule has 1 aromatic carbocycles. The molecule has 2 heterocycles. The summed E-state index contributed by atoms with van der Waals surface area (Å²) in [5, 5.41) is 5.63. The van der Waals surface area contributed by atoms with Gasteiger partial charge >= 0.3 is 0 Å². The van der Waals surface area contributed by atoms with E-state index in [1.807, 2.05) is 43.3 Å². The SMILES string of the molecule is COc1ccc2cnn(Cc3ccc(N(C)C)nc3)c(=O)c2c1. The molecule has 0 radical (unpaired) electrons. The molecule has 6 nitrogen and oxygen atoms in total. The van der Waals surface area contributed by atoms with Crippen LogP contribution in [0.1, 0.15) is 5.56 Å². The molecule has 0 fully saturated rings. The van der Waals surface area contributed by atoms with Gasteiger partial charge in [0.2, 0.25) is 0 Å². The van der Waals surface area contributed by atoms with Crippen LogP contribution < -0.4 is 15.2 Å². The zero-order valence-electron chi connectivity index (χ0n) is 13.4. The first-order chi connectivity index (χ1) is 11.1. The largest absolute Gasteiger partial charge is 0.497 e. The lowest BCUT2D eigenvalue weighted by molar-refractivity contribution is 0.415. The van der Waals surface area contributed by atoms with Gasteiger partial charge in [-0.05, 0) is 29.8 Å². The topological polar surface area (TPSA) is 60.2 Å². The van der Waals surface area contributed by atoms with Gasteiger partial charge in [0.05, 0.1) is 25.2 Å². The Morgan fingerprint density at radius 2 is 2.00 bits per heavy atom. The minimum absolute atomic E-state index is 0.141. The average molecular weight is 310 g/mol. The number of fused-ring (bicyclic) bond motifs is 1. The Kier molecular flexibility index (Phi) is 3.97. The maximum absolute atomic E-state index is 12.6. The highest BCUT2D eigenvalue weighted by Crippen LogP contribution is 2.17. The molecule has 0 N–H and O–H groups in total. The molecule has 0 aliphatic rings. The molecule has 118 valence electrons. The van der Waals surface area contributed by atoms with Crippen LogP contribution in [-0.2, 0) is 6.54 Å². The van der Waals surface area contributed by atoms with E-state index in [9.17, 15) is 4.79 Å². The van der Waals surface area contributed by atoms with Gasteiger partial charge < -0.3 is 9.64 Å². The van der Waals surface area contributed by atoms with E-state index >= 15 is 0 Å². The maximum Gasteiger partial charge on any atom is 0.275 e. The van der Waals surface area contributed by atoms with Crippen molar-refractivity contribution in [2.45, 2.75) is 6.54 Å². The van der Waals surface area contributed by atoms with Crippen molar-refractivity contribution in [3.05, 3.63) is 58.6 Å². The van der Waals surface area contributed by atoms with E-state index in [2.05, 4.69) is 10.1 Å². The lowest BCUT2D eigenvalue weighted by Crippen LogP contribution is -2.23. The predicted octanol–water partition coefficient (Wildman–Crippen LogP) is 1.91. The summed E-state index contributed by atoms with van der Waals surface area (Å²) in [6, 6.07) is 9.26. The van der Waals surface area contributed by atoms with Crippen molar-refractivity contribution in [1.29, 1.82) is 0 Å². The smallest absolute Gasteiger partial charge is 0.275 e. The second-order valence-corrected chi connectivity index (χ2v) is 5.48. The van der Waals surface area contributed by atoms with Gasteiger partial charge in [-0.3, -0.25) is 4.79 Å². The second kappa shape index (κ2) is 6.08. The molecule has 6 heteroatoms. The number of anilines is 1. The van der Waals surface area contributed by atoms with E-state index in [4.69, 9.17) is 4.74 Å². The van der Waals surface area contributed by atoms with Gasteiger partial charge in [-0.15, -0.1) is 0 Å². The van der Waals surface area contributed by atoms with Crippen LogP contribution in [0.3, 0.4) is 0 Å². The lowest BCUT2D eigenvalue weighted by Gasteiger charge is -2.11. The van der Waals surface area contributed by atoms with Gasteiger partial charge in [-0.2, -0.15) is 5.10 Å². The molecule has 0 saturated carbocycles. The fourth-order valence-electron chi connectivity index (χ4n) is 2.34. The highest BCUT2D eigenvalue weighted by molar-refractivity contribution is 5.82. The molecule has 2 aromatic heterocycles. The summed E-state index contributed by atoms with van der Waals surface area (Å²) in [5.41, 5.74) is 0.783. The van der Waals surface area contributed by atoms with Crippen molar-refractivity contribution in [3.63, 3.8) is 0 Å². The molecule has 0 spiro atoms. The molecule has 3 aromatic rings. The lowest BCUT2D eigenvalue weighted by atomic mass is 10.2. The summed E-state index contributed by atoms with van der Waals surface area (Å²) in [5.74, 6) is 1.53. The molecular weight excluding hydrogens is 292 g/mol. The Labute approximate surface area is 134 Å². The summed E-state index contributed by atoms with van der Waals surface area (Å²) in [6.45, 7) is 0.382. The van der Waals surface area contributed by atoms with Crippen LogP contribution in [0.5, 0.6) is 5.75 Å². The average Bonchev–Trinajstić information content (AvgIpc) is 2.57. The highest BCUT2D eigenvalue weighted by atomic mass is 16.5. The predicted molar refractivity (Wildman–Crippen MR) is 90.2 cm³/mol. The van der Waals surface area contributed by atoms with Crippen LogP contribution >= 0.6 is 0 Å². The third kappa shape index (κ3) is 3.01. The van der Waals surface area contributed by atoms with Crippen LogP contribution in [-0.4, -0.2) is 36.0 Å². The first-order valence-corrected chi connectivity index (χ1v) is 7.24. The highest BCUT2D eigenvalue weighted by Gasteiger charge is 2.07. The maximum atomic E-state index is 12.6. The molecule has 0 bridgehead atoms. The van der Waals surface area contributed by atoms with Crippen LogP contribution in [0, 0.1) is 0 Å². The van der Waals surface area contributed by atoms with Gasteiger partial charge in [0.25, 0.3) is 5.56 Å². The first-order valence-electron chi connectivity index (χ1n) is 7.24. The molecular formula is C17H18N4O2. The van der Waals surface area contributed by atoms with E-state index in [1.54, 1.807) is 25.6 Å². The zero-order chi connectivity index (χ0) is 16.4. The number of ether oxygens (including phenoxy) is 1. The van der Waals surface area contributed by atoms with Crippen molar-refractivity contribution in [2.24, 2.45) is 0 Å². The molecule has 0 atom stereocenters. The number of rotatable bonds is 4. The molecule has 23 heavy (non-hydrogen) atoms. The normalized spacial score (nSPS) is 10.7. The van der Waals surface area contributed by atoms with E-state index in [0.717, 1.165) is 16.8 Å². The van der Waals surface area contributed by atoms with Crippen molar-refractivity contribution >= 4 is 16.6 Å². The number of hydrogen-bond acceptors (Lipinski definition) is 5. The summed E-state index contributed by atoms with van der Waals surface area (Å²) in [4.78, 5) is 18.9. The van der Waals surface area contributed by atoms with E-state index in [-0.39, 0.29) is 5.56 Å². The van der Waals surface area contributed by atoms with Crippen LogP contribution in [0.25, 0.3) is 10.8 Å². The van der Waals surface area contributed by atoms with Crippen molar-refractivity contribution in [3.8, 4) is 5.75 Å². The number of methoxy groups -OCH3 is 1. The monoisotopic (exact) mass is 310 g/mol. The Morgan fingerprint density at radius 3 is 2.65 bits per heavy atom. The zero-order valence-corrected chi connectivity index (χ0v) is 13.4. The minimum Gasteiger partial charge on any atom is -0.497 e. The van der Waals surface area contributed by atoms with Crippen LogP contribution in [0.4, 0.5) is 5.82 Å². The van der Waals surface area contributed by atoms with Gasteiger partial charge in [0.1, 0.15) is 11.6 Å². The summed E-state index contributed by atoms with van der Waals surface area (Å²) >= 11 is 0. The summed E-state index contributed by atoms with van der Waals surface area (Å²) < 4.78 is 6.63. The van der Waals surface area contributed by atoms with Gasteiger partial charge in [0.15, 0.2) is 0 Å². The fourth-order valence-corrected chi connectivity index (χ4v) is 2.34. The van der Waals surface area contributed by atoms with Crippen LogP contribution in [0.2, 0.25) is 0 Å². The quantitative estimate of drug-likeness (QED) is 0.737. The van der Waals surface area contributed by atoms with Crippen molar-refractivity contribution in [1.82, 2.24) is 14.8 Å². The van der Waals surface area contributed by atoms with E-state index in [0.29, 0.717) is 17.7 Å². The second-order valence-electron chi connectivity index (χ2n) is 5.48. The third-order valence-corrected chi connectivity index (χ3v) is 3.66. The number of nitrogens with zero attached hydrogens (tertiary/aromatic N) is 4. The van der Waals surface area contributed by atoms with E-state index < -0.39 is 0 Å². The Morgan fingerprint density at radius 1 is 1.17 bits per heavy atom. The Balaban J connectivity index is 1.96. The third-order valence-electron chi connectivity index (χ3n) is 3.66. The minimum atomic E-state index is -0.141. The number of aromatic nitrogens is 3. The summed E-state index contributed by atoms with van der Waals surface area (Å²) in [7, 11) is 5.45. The first kappa shape index (κ1) is 15.0. The van der Waals surface area contributed by atoms with Crippen molar-refractivity contribution < 1.29 is 4.74 Å². The van der Waals surface area contributed by atoms with E-state index in [1.165, 1.54) is 4.68 Å². The molecule has 0 saturated heterocycles. The molecule has 0 aliphatic heterocycles. The molecule has 0 amide bonds. The number of pyridine rings is 1. The summed E-state index contributed by atoms with van der Waals surface area (Å²) in [6.07, 6.45) is 3.46. The molecule has 0 aliphatic carbocycles. The number of benzene rings is 1. The van der Waals surface area contributed by atoms with Crippen molar-refractivity contribution in [2.75, 3.05) is 26.1 Å². The Bertz CT molecular complexity index is 885. The molecule has 0 unspecified atom stereocenters. The van der Waals surface area contributed by atoms with Gasteiger partial charge in [-0.25, -0.2) is 9.67 Å². The van der Waals surface area contributed by atoms with Crippen LogP contribution in [0.15, 0.2) is 47.5 Å². The fraction of sp³-hybridized carbons (Fsp3) is 0.235. The molecule has 3 rings (SSSR count). The Hall–Kier alpha value is -2.89. The number of hydrogen-bond donors (Lipinski definition) is 0. The van der Waals surface area contributed by atoms with Gasteiger partial charge in [-0.1, -0.05) is 6.07 Å². The van der Waals surface area contributed by atoms with Gasteiger partial charge in [0, 0.05) is 25.7 Å². The standard InChI is InChI=1S/C17H18N4O2/c1-20(2)16-7-4-12(9-18-16)11-21-17(22)15-8-14(23-3)6-5-13(15)10-19-21/h4-10H,11H2,1-3H3.